The fraction of sp³-hybridized carbons (Fsp3) is 0.571. The van der Waals surface area contributed by atoms with Gasteiger partial charge in [-0.25, -0.2) is 17.6 Å². The Bertz CT molecular complexity index is 957. The molecule has 0 bridgehead atoms. The topological polar surface area (TPSA) is 9.23 Å². The minimum atomic E-state index is -0.844. The number of halogens is 4. The normalized spacial score (nSPS) is 25.9. The van der Waals surface area contributed by atoms with Crippen molar-refractivity contribution in [3.8, 4) is 0 Å². The molecule has 0 heterocycles. The molecule has 180 valence electrons. The zero-order valence-electron chi connectivity index (χ0n) is 19.6. The van der Waals surface area contributed by atoms with Crippen molar-refractivity contribution in [2.45, 2.75) is 89.6 Å². The Kier molecular flexibility index (Phi) is 7.78. The van der Waals surface area contributed by atoms with Crippen LogP contribution in [0.2, 0.25) is 0 Å². The Morgan fingerprint density at radius 3 is 1.48 bits per heavy atom. The van der Waals surface area contributed by atoms with Crippen LogP contribution < -0.4 is 0 Å². The highest BCUT2D eigenvalue weighted by Crippen LogP contribution is 2.44. The molecule has 0 unspecified atom stereocenters. The van der Waals surface area contributed by atoms with E-state index in [1.807, 2.05) is 0 Å². The van der Waals surface area contributed by atoms with Crippen LogP contribution in [0.15, 0.2) is 24.3 Å². The molecule has 2 aromatic carbocycles. The summed E-state index contributed by atoms with van der Waals surface area (Å²) in [5.74, 6) is -2.51. The van der Waals surface area contributed by atoms with E-state index in [1.54, 1.807) is 31.2 Å². The van der Waals surface area contributed by atoms with Crippen LogP contribution in [0.25, 0.3) is 0 Å². The lowest BCUT2D eigenvalue weighted by molar-refractivity contribution is 0.131. The molecule has 1 nitrogen and oxygen atoms in total. The highest BCUT2D eigenvalue weighted by Gasteiger charge is 2.31. The fourth-order valence-corrected chi connectivity index (χ4v) is 5.74. The van der Waals surface area contributed by atoms with Crippen molar-refractivity contribution in [3.05, 3.63) is 69.8 Å². The van der Waals surface area contributed by atoms with Gasteiger partial charge in [0.05, 0.1) is 6.61 Å². The minimum absolute atomic E-state index is 0.0486. The van der Waals surface area contributed by atoms with Crippen LogP contribution in [-0.4, -0.2) is 6.61 Å². The Hall–Kier alpha value is -1.88. The van der Waals surface area contributed by atoms with Crippen molar-refractivity contribution < 1.29 is 22.3 Å². The van der Waals surface area contributed by atoms with Gasteiger partial charge in [0.15, 0.2) is 23.3 Å². The van der Waals surface area contributed by atoms with E-state index < -0.39 is 23.3 Å². The first-order chi connectivity index (χ1) is 15.9. The summed E-state index contributed by atoms with van der Waals surface area (Å²) in [5, 5.41) is 0. The standard InChI is InChI=1S/C28H34F4O/c1-3-33-16-21-12-13-22(26(30)25(21)29)19-8-10-20(11-9-19)24-15-14-23(27(31)28(24)32)18-6-4-17(2)5-7-18/h12-15,17-20H,3-11,16H2,1-2H3. The van der Waals surface area contributed by atoms with Crippen molar-refractivity contribution in [1.82, 2.24) is 0 Å². The lowest BCUT2D eigenvalue weighted by Crippen LogP contribution is -2.17. The molecule has 2 saturated carbocycles. The van der Waals surface area contributed by atoms with Crippen molar-refractivity contribution in [3.63, 3.8) is 0 Å². The maximum absolute atomic E-state index is 15.1. The largest absolute Gasteiger partial charge is 0.377 e. The van der Waals surface area contributed by atoms with Gasteiger partial charge in [0.1, 0.15) is 0 Å². The maximum atomic E-state index is 15.1. The number of hydrogen-bond donors (Lipinski definition) is 0. The zero-order chi connectivity index (χ0) is 23.5. The van der Waals surface area contributed by atoms with Crippen LogP contribution in [0.1, 0.15) is 105 Å². The fourth-order valence-electron chi connectivity index (χ4n) is 5.74. The zero-order valence-corrected chi connectivity index (χ0v) is 19.6. The summed E-state index contributed by atoms with van der Waals surface area (Å²) < 4.78 is 64.4. The van der Waals surface area contributed by atoms with Gasteiger partial charge < -0.3 is 4.74 Å². The molecule has 0 aliphatic heterocycles. The summed E-state index contributed by atoms with van der Waals surface area (Å²) in [6, 6.07) is 6.79. The number of hydrogen-bond acceptors (Lipinski definition) is 1. The Morgan fingerprint density at radius 2 is 1.03 bits per heavy atom. The first kappa shape index (κ1) is 24.3. The van der Waals surface area contributed by atoms with E-state index in [0.29, 0.717) is 54.9 Å². The van der Waals surface area contributed by atoms with Crippen LogP contribution in [0, 0.1) is 29.2 Å². The van der Waals surface area contributed by atoms with E-state index in [2.05, 4.69) is 6.92 Å². The van der Waals surface area contributed by atoms with Gasteiger partial charge in [-0.1, -0.05) is 44.0 Å². The van der Waals surface area contributed by atoms with Gasteiger partial charge in [-0.2, -0.15) is 0 Å². The van der Waals surface area contributed by atoms with E-state index in [-0.39, 0.29) is 29.9 Å². The second kappa shape index (κ2) is 10.6. The van der Waals surface area contributed by atoms with Crippen molar-refractivity contribution >= 4 is 0 Å². The third-order valence-corrected chi connectivity index (χ3v) is 7.86. The van der Waals surface area contributed by atoms with Crippen molar-refractivity contribution in [1.29, 1.82) is 0 Å². The average Bonchev–Trinajstić information content (AvgIpc) is 2.83. The summed E-state index contributed by atoms with van der Waals surface area (Å²) >= 11 is 0. The third-order valence-electron chi connectivity index (χ3n) is 7.86. The van der Waals surface area contributed by atoms with Crippen LogP contribution in [-0.2, 0) is 11.3 Å². The average molecular weight is 463 g/mol. The molecule has 0 aromatic heterocycles. The van der Waals surface area contributed by atoms with E-state index in [1.165, 1.54) is 0 Å². The first-order valence-corrected chi connectivity index (χ1v) is 12.4. The molecular formula is C28H34F4O. The Morgan fingerprint density at radius 1 is 0.636 bits per heavy atom. The first-order valence-electron chi connectivity index (χ1n) is 12.4. The van der Waals surface area contributed by atoms with Crippen LogP contribution >= 0.6 is 0 Å². The molecule has 0 spiro atoms. The predicted octanol–water partition coefficient (Wildman–Crippen LogP) is 8.51. The van der Waals surface area contributed by atoms with Crippen LogP contribution in [0.4, 0.5) is 17.6 Å². The SMILES string of the molecule is CCOCc1ccc(C2CCC(c3ccc(C4CCC(C)CC4)c(F)c3F)CC2)c(F)c1F. The van der Waals surface area contributed by atoms with E-state index >= 15 is 4.39 Å². The molecule has 5 heteroatoms. The van der Waals surface area contributed by atoms with Gasteiger partial charge in [-0.15, -0.1) is 0 Å². The summed E-state index contributed by atoms with van der Waals surface area (Å²) in [7, 11) is 0. The third kappa shape index (κ3) is 5.13. The summed E-state index contributed by atoms with van der Waals surface area (Å²) in [6.45, 7) is 4.50. The molecule has 2 aromatic rings. The summed E-state index contributed by atoms with van der Waals surface area (Å²) in [5.41, 5.74) is 1.54. The highest BCUT2D eigenvalue weighted by atomic mass is 19.2. The molecule has 2 aliphatic rings. The Labute approximate surface area is 194 Å². The van der Waals surface area contributed by atoms with Crippen LogP contribution in [0.5, 0.6) is 0 Å². The number of benzene rings is 2. The van der Waals surface area contributed by atoms with Crippen molar-refractivity contribution in [2.24, 2.45) is 5.92 Å². The molecule has 0 amide bonds. The molecule has 2 fully saturated rings. The van der Waals surface area contributed by atoms with Gasteiger partial charge in [0.2, 0.25) is 0 Å². The van der Waals surface area contributed by atoms with E-state index in [0.717, 1.165) is 25.7 Å². The number of ether oxygens (including phenoxy) is 1. The molecule has 0 atom stereocenters. The molecule has 0 N–H and O–H groups in total. The van der Waals surface area contributed by atoms with Gasteiger partial charge in [0, 0.05) is 12.2 Å². The summed E-state index contributed by atoms with van der Waals surface area (Å²) in [4.78, 5) is 0. The molecular weight excluding hydrogens is 428 g/mol. The van der Waals surface area contributed by atoms with E-state index in [4.69, 9.17) is 4.74 Å². The highest BCUT2D eigenvalue weighted by molar-refractivity contribution is 5.33. The minimum Gasteiger partial charge on any atom is -0.377 e. The summed E-state index contributed by atoms with van der Waals surface area (Å²) in [6.07, 6.45) is 6.43. The van der Waals surface area contributed by atoms with Crippen molar-refractivity contribution in [2.75, 3.05) is 6.61 Å². The van der Waals surface area contributed by atoms with E-state index in [9.17, 15) is 13.2 Å². The van der Waals surface area contributed by atoms with Gasteiger partial charge in [0.25, 0.3) is 0 Å². The van der Waals surface area contributed by atoms with Gasteiger partial charge >= 0.3 is 0 Å². The smallest absolute Gasteiger partial charge is 0.164 e. The monoisotopic (exact) mass is 462 g/mol. The molecule has 2 aliphatic carbocycles. The molecule has 0 saturated heterocycles. The number of rotatable bonds is 6. The molecule has 33 heavy (non-hydrogen) atoms. The second-order valence-electron chi connectivity index (χ2n) is 9.96. The van der Waals surface area contributed by atoms with Gasteiger partial charge in [-0.05, 0) is 85.8 Å². The second-order valence-corrected chi connectivity index (χ2v) is 9.96. The quantitative estimate of drug-likeness (QED) is 0.391. The molecule has 4 rings (SSSR count). The Balaban J connectivity index is 1.44. The predicted molar refractivity (Wildman–Crippen MR) is 122 cm³/mol. The lowest BCUT2D eigenvalue weighted by Gasteiger charge is -2.31. The van der Waals surface area contributed by atoms with Crippen LogP contribution in [0.3, 0.4) is 0 Å². The lowest BCUT2D eigenvalue weighted by atomic mass is 9.75. The molecule has 0 radical (unpaired) electrons. The maximum Gasteiger partial charge on any atom is 0.164 e. The van der Waals surface area contributed by atoms with Gasteiger partial charge in [-0.3, -0.25) is 0 Å².